The molecule has 0 N–H and O–H groups in total. The fourth-order valence-electron chi connectivity index (χ4n) is 3.53. The van der Waals surface area contributed by atoms with E-state index in [-0.39, 0.29) is 11.6 Å². The van der Waals surface area contributed by atoms with E-state index in [4.69, 9.17) is 4.74 Å². The Bertz CT molecular complexity index is 1160. The molecule has 3 nitrogen and oxygen atoms in total. The molecule has 0 radical (unpaired) electrons. The predicted octanol–water partition coefficient (Wildman–Crippen LogP) is 6.21. The molecule has 32 heavy (non-hydrogen) atoms. The van der Waals surface area contributed by atoms with Crippen LogP contribution in [-0.4, -0.2) is 10.8 Å². The van der Waals surface area contributed by atoms with E-state index in [0.29, 0.717) is 31.6 Å². The number of rotatable bonds is 9. The molecule has 0 saturated carbocycles. The van der Waals surface area contributed by atoms with E-state index < -0.39 is 0 Å². The average molecular weight is 426 g/mol. The van der Waals surface area contributed by atoms with E-state index in [1.54, 1.807) is 18.5 Å². The van der Waals surface area contributed by atoms with Crippen LogP contribution in [0, 0.1) is 5.82 Å². The van der Waals surface area contributed by atoms with Gasteiger partial charge in [0.1, 0.15) is 24.0 Å². The largest absolute Gasteiger partial charge is 0.488 e. The Kier molecular flexibility index (Phi) is 7.03. The number of halogens is 1. The molecule has 160 valence electrons. The Morgan fingerprint density at radius 2 is 1.62 bits per heavy atom. The second kappa shape index (κ2) is 10.5. The van der Waals surface area contributed by atoms with Crippen LogP contribution < -0.4 is 4.74 Å². The van der Waals surface area contributed by atoms with Crippen LogP contribution >= 0.6 is 0 Å². The van der Waals surface area contributed by atoms with Crippen LogP contribution in [0.15, 0.2) is 97.3 Å². The summed E-state index contributed by atoms with van der Waals surface area (Å²) in [6, 6.07) is 26.0. The van der Waals surface area contributed by atoms with Crippen LogP contribution in [0.1, 0.15) is 23.1 Å². The van der Waals surface area contributed by atoms with Crippen LogP contribution in [0.3, 0.4) is 0 Å². The molecule has 1 heterocycles. The Morgan fingerprint density at radius 1 is 0.844 bits per heavy atom. The molecule has 0 unspecified atom stereocenters. The molecule has 3 aromatic carbocycles. The molecular weight excluding hydrogens is 401 g/mol. The number of nitrogens with zero attached hydrogens (tertiary/aromatic N) is 1. The van der Waals surface area contributed by atoms with E-state index in [9.17, 15) is 9.18 Å². The highest BCUT2D eigenvalue weighted by atomic mass is 19.1. The third kappa shape index (κ3) is 5.88. The molecule has 0 aliphatic carbocycles. The van der Waals surface area contributed by atoms with Crippen molar-refractivity contribution in [2.75, 3.05) is 0 Å². The normalized spacial score (nSPS) is 10.7. The van der Waals surface area contributed by atoms with Crippen molar-refractivity contribution < 1.29 is 13.9 Å². The molecule has 4 aromatic rings. The zero-order chi connectivity index (χ0) is 22.2. The van der Waals surface area contributed by atoms with Crippen molar-refractivity contribution in [3.63, 3.8) is 0 Å². The summed E-state index contributed by atoms with van der Waals surface area (Å²) in [5.74, 6) is 0.371. The monoisotopic (exact) mass is 425 g/mol. The second-order valence-electron chi connectivity index (χ2n) is 7.69. The van der Waals surface area contributed by atoms with Crippen molar-refractivity contribution in [1.29, 1.82) is 0 Å². The van der Waals surface area contributed by atoms with E-state index in [0.717, 1.165) is 27.8 Å². The molecule has 1 aromatic heterocycles. The van der Waals surface area contributed by atoms with Crippen molar-refractivity contribution in [3.05, 3.63) is 120 Å². The molecule has 0 bridgehead atoms. The Morgan fingerprint density at radius 3 is 2.38 bits per heavy atom. The van der Waals surface area contributed by atoms with Gasteiger partial charge in [0.15, 0.2) is 0 Å². The van der Waals surface area contributed by atoms with E-state index in [1.807, 2.05) is 66.7 Å². The van der Waals surface area contributed by atoms with Gasteiger partial charge in [0, 0.05) is 36.9 Å². The smallest absolute Gasteiger partial charge is 0.137 e. The lowest BCUT2D eigenvalue weighted by Crippen LogP contribution is -2.05. The maximum absolute atomic E-state index is 13.8. The van der Waals surface area contributed by atoms with Crippen molar-refractivity contribution in [3.8, 4) is 16.9 Å². The number of aryl methyl sites for hydroxylation is 1. The average Bonchev–Trinajstić information content (AvgIpc) is 2.84. The summed E-state index contributed by atoms with van der Waals surface area (Å²) in [4.78, 5) is 16.4. The van der Waals surface area contributed by atoms with Gasteiger partial charge in [-0.15, -0.1) is 0 Å². The number of aromatic nitrogens is 1. The predicted molar refractivity (Wildman–Crippen MR) is 124 cm³/mol. The highest BCUT2D eigenvalue weighted by Gasteiger charge is 2.09. The molecule has 0 saturated heterocycles. The lowest BCUT2D eigenvalue weighted by Gasteiger charge is -2.12. The van der Waals surface area contributed by atoms with Crippen LogP contribution in [0.25, 0.3) is 11.1 Å². The molecule has 4 heteroatoms. The Labute approximate surface area is 187 Å². The number of hydrogen-bond acceptors (Lipinski definition) is 3. The SMILES string of the molecule is O=C(CCc1cccnc1)Cc1ccc(COc2cc(F)ccc2-c2ccccc2)cc1. The van der Waals surface area contributed by atoms with Gasteiger partial charge in [-0.05, 0) is 46.9 Å². The summed E-state index contributed by atoms with van der Waals surface area (Å²) >= 11 is 0. The van der Waals surface area contributed by atoms with Gasteiger partial charge in [0.25, 0.3) is 0 Å². The Hall–Kier alpha value is -3.79. The zero-order valence-corrected chi connectivity index (χ0v) is 17.7. The van der Waals surface area contributed by atoms with Crippen molar-refractivity contribution >= 4 is 5.78 Å². The van der Waals surface area contributed by atoms with E-state index in [1.165, 1.54) is 12.1 Å². The first kappa shape index (κ1) is 21.4. The van der Waals surface area contributed by atoms with Gasteiger partial charge >= 0.3 is 0 Å². The number of benzene rings is 3. The van der Waals surface area contributed by atoms with Gasteiger partial charge in [-0.25, -0.2) is 4.39 Å². The number of pyridine rings is 1. The summed E-state index contributed by atoms with van der Waals surface area (Å²) in [5.41, 5.74) is 4.83. The van der Waals surface area contributed by atoms with Crippen molar-refractivity contribution in [2.24, 2.45) is 0 Å². The minimum Gasteiger partial charge on any atom is -0.488 e. The molecule has 0 spiro atoms. The minimum atomic E-state index is -0.333. The number of ether oxygens (including phenoxy) is 1. The van der Waals surface area contributed by atoms with Gasteiger partial charge in [0.05, 0.1) is 0 Å². The zero-order valence-electron chi connectivity index (χ0n) is 17.7. The first-order valence-corrected chi connectivity index (χ1v) is 10.6. The van der Waals surface area contributed by atoms with Crippen LogP contribution in [0.5, 0.6) is 5.75 Å². The summed E-state index contributed by atoms with van der Waals surface area (Å²) < 4.78 is 19.8. The first-order valence-electron chi connectivity index (χ1n) is 10.6. The van der Waals surface area contributed by atoms with Crippen LogP contribution in [0.4, 0.5) is 4.39 Å². The number of Topliss-reactive ketones (excluding diaryl/α,β-unsaturated/α-hetero) is 1. The van der Waals surface area contributed by atoms with Crippen LogP contribution in [0.2, 0.25) is 0 Å². The number of carbonyl (C=O) groups is 1. The molecule has 0 fully saturated rings. The van der Waals surface area contributed by atoms with Gasteiger partial charge in [0.2, 0.25) is 0 Å². The maximum atomic E-state index is 13.8. The lowest BCUT2D eigenvalue weighted by atomic mass is 10.0. The quantitative estimate of drug-likeness (QED) is 0.320. The van der Waals surface area contributed by atoms with E-state index in [2.05, 4.69) is 4.98 Å². The third-order valence-corrected chi connectivity index (χ3v) is 5.26. The van der Waals surface area contributed by atoms with Gasteiger partial charge in [-0.1, -0.05) is 60.7 Å². The Balaban J connectivity index is 1.34. The van der Waals surface area contributed by atoms with Crippen molar-refractivity contribution in [2.45, 2.75) is 25.9 Å². The maximum Gasteiger partial charge on any atom is 0.137 e. The first-order chi connectivity index (χ1) is 15.7. The van der Waals surface area contributed by atoms with E-state index >= 15 is 0 Å². The molecule has 0 atom stereocenters. The molecule has 0 amide bonds. The number of carbonyl (C=O) groups excluding carboxylic acids is 1. The topological polar surface area (TPSA) is 39.2 Å². The molecule has 0 aliphatic rings. The highest BCUT2D eigenvalue weighted by Crippen LogP contribution is 2.31. The minimum absolute atomic E-state index is 0.199. The van der Waals surface area contributed by atoms with Gasteiger partial charge < -0.3 is 4.74 Å². The second-order valence-corrected chi connectivity index (χ2v) is 7.69. The van der Waals surface area contributed by atoms with Crippen molar-refractivity contribution in [1.82, 2.24) is 4.98 Å². The fraction of sp³-hybridized carbons (Fsp3) is 0.143. The number of ketones is 1. The lowest BCUT2D eigenvalue weighted by molar-refractivity contribution is -0.118. The summed E-state index contributed by atoms with van der Waals surface area (Å²) in [7, 11) is 0. The van der Waals surface area contributed by atoms with Gasteiger partial charge in [-0.2, -0.15) is 0 Å². The molecule has 0 aliphatic heterocycles. The molecule has 4 rings (SSSR count). The summed E-state index contributed by atoms with van der Waals surface area (Å²) in [5, 5.41) is 0. The van der Waals surface area contributed by atoms with Gasteiger partial charge in [-0.3, -0.25) is 9.78 Å². The highest BCUT2D eigenvalue weighted by molar-refractivity contribution is 5.81. The summed E-state index contributed by atoms with van der Waals surface area (Å²) in [6.07, 6.45) is 5.13. The summed E-state index contributed by atoms with van der Waals surface area (Å²) in [6.45, 7) is 0.318. The standard InChI is InChI=1S/C28H24FNO2/c29-25-13-15-27(24-6-2-1-3-7-24)28(18-25)32-20-23-10-8-21(9-11-23)17-26(31)14-12-22-5-4-16-30-19-22/h1-11,13,15-16,18-19H,12,14,17,20H2. The van der Waals surface area contributed by atoms with Crippen LogP contribution in [-0.2, 0) is 24.2 Å². The molecular formula is C28H24FNO2. The fourth-order valence-corrected chi connectivity index (χ4v) is 3.53. The third-order valence-electron chi connectivity index (χ3n) is 5.26. The number of hydrogen-bond donors (Lipinski definition) is 0.